The van der Waals surface area contributed by atoms with Gasteiger partial charge in [-0.25, -0.2) is 17.1 Å². The van der Waals surface area contributed by atoms with Crippen molar-refractivity contribution in [1.82, 2.24) is 9.21 Å². The molecule has 7 nitrogen and oxygen atoms in total. The Bertz CT molecular complexity index is 815. The number of carboxylic acid groups (broad SMARTS) is 1. The van der Waals surface area contributed by atoms with Crippen molar-refractivity contribution in [2.75, 3.05) is 39.0 Å². The molecule has 2 aliphatic rings. The standard InChI is InChI=1S/C17H23FN2O5S/c1-3-26(23,24)20-9-13-8-19(10-17(13,11-20)16(21)22)7-12-5-4-6-14(18)15(12)25-2/h4-6,13H,3,7-11H2,1-2H3,(H,21,22)/t13-,17-/m0/s1. The van der Waals surface area contributed by atoms with Gasteiger partial charge in [0.25, 0.3) is 0 Å². The first-order valence-corrected chi connectivity index (χ1v) is 10.1. The number of benzene rings is 1. The Hall–Kier alpha value is -1.71. The summed E-state index contributed by atoms with van der Waals surface area (Å²) < 4.78 is 44.6. The van der Waals surface area contributed by atoms with Gasteiger partial charge >= 0.3 is 5.97 Å². The Morgan fingerprint density at radius 3 is 2.69 bits per heavy atom. The molecule has 0 bridgehead atoms. The molecule has 26 heavy (non-hydrogen) atoms. The Balaban J connectivity index is 1.81. The average molecular weight is 386 g/mol. The van der Waals surface area contributed by atoms with Crippen molar-refractivity contribution in [2.24, 2.45) is 11.3 Å². The van der Waals surface area contributed by atoms with Crippen LogP contribution in [0.1, 0.15) is 12.5 Å². The van der Waals surface area contributed by atoms with Gasteiger partial charge in [-0.05, 0) is 13.0 Å². The number of ether oxygens (including phenoxy) is 1. The SMILES string of the molecule is CCS(=O)(=O)N1C[C@@H]2CN(Cc3cccc(F)c3OC)C[C@]2(C(=O)O)C1. The molecule has 0 aliphatic carbocycles. The molecule has 1 aromatic rings. The Morgan fingerprint density at radius 2 is 2.12 bits per heavy atom. The van der Waals surface area contributed by atoms with Crippen molar-refractivity contribution in [3.05, 3.63) is 29.6 Å². The fraction of sp³-hybridized carbons (Fsp3) is 0.588. The molecule has 2 aliphatic heterocycles. The topological polar surface area (TPSA) is 87.2 Å². The third kappa shape index (κ3) is 3.08. The molecule has 144 valence electrons. The van der Waals surface area contributed by atoms with Crippen LogP contribution in [0.4, 0.5) is 4.39 Å². The van der Waals surface area contributed by atoms with Gasteiger partial charge in [0.05, 0.1) is 18.3 Å². The number of sulfonamides is 1. The van der Waals surface area contributed by atoms with Gasteiger partial charge in [-0.2, -0.15) is 0 Å². The molecule has 0 radical (unpaired) electrons. The van der Waals surface area contributed by atoms with Gasteiger partial charge in [-0.3, -0.25) is 9.69 Å². The van der Waals surface area contributed by atoms with E-state index in [4.69, 9.17) is 4.74 Å². The van der Waals surface area contributed by atoms with Gasteiger partial charge < -0.3 is 9.84 Å². The molecule has 1 aromatic carbocycles. The van der Waals surface area contributed by atoms with Crippen LogP contribution in [0.15, 0.2) is 18.2 Å². The molecule has 9 heteroatoms. The van der Waals surface area contributed by atoms with Crippen molar-refractivity contribution < 1.29 is 27.4 Å². The lowest BCUT2D eigenvalue weighted by Crippen LogP contribution is -2.42. The number of hydrogen-bond acceptors (Lipinski definition) is 5. The number of hydrogen-bond donors (Lipinski definition) is 1. The van der Waals surface area contributed by atoms with Gasteiger partial charge in [0.2, 0.25) is 10.0 Å². The number of rotatable bonds is 6. The Labute approximate surface area is 152 Å². The highest BCUT2D eigenvalue weighted by Gasteiger charge is 2.59. The molecule has 2 heterocycles. The van der Waals surface area contributed by atoms with Crippen LogP contribution in [-0.2, 0) is 21.4 Å². The summed E-state index contributed by atoms with van der Waals surface area (Å²) in [6.45, 7) is 2.77. The number of nitrogens with zero attached hydrogens (tertiary/aromatic N) is 2. The highest BCUT2D eigenvalue weighted by atomic mass is 32.2. The smallest absolute Gasteiger partial charge is 0.312 e. The molecule has 1 N–H and O–H groups in total. The largest absolute Gasteiger partial charge is 0.493 e. The number of fused-ring (bicyclic) bond motifs is 1. The van der Waals surface area contributed by atoms with E-state index in [9.17, 15) is 22.7 Å². The summed E-state index contributed by atoms with van der Waals surface area (Å²) in [6, 6.07) is 4.65. The number of carboxylic acids is 1. The fourth-order valence-electron chi connectivity index (χ4n) is 4.09. The summed E-state index contributed by atoms with van der Waals surface area (Å²) in [5.74, 6) is -1.62. The van der Waals surface area contributed by atoms with Crippen molar-refractivity contribution in [3.8, 4) is 5.75 Å². The average Bonchev–Trinajstić information content (AvgIpc) is 3.10. The summed E-state index contributed by atoms with van der Waals surface area (Å²) in [5.41, 5.74) is -0.478. The second-order valence-corrected chi connectivity index (χ2v) is 9.21. The van der Waals surface area contributed by atoms with E-state index in [1.165, 1.54) is 17.5 Å². The molecule has 3 rings (SSSR count). The van der Waals surface area contributed by atoms with E-state index in [1.54, 1.807) is 19.1 Å². The summed E-state index contributed by atoms with van der Waals surface area (Å²) in [7, 11) is -2.03. The van der Waals surface area contributed by atoms with Gasteiger partial charge in [0, 0.05) is 44.2 Å². The summed E-state index contributed by atoms with van der Waals surface area (Å²) in [4.78, 5) is 13.9. The molecule has 0 spiro atoms. The molecule has 0 aromatic heterocycles. The zero-order valence-electron chi connectivity index (χ0n) is 14.8. The van der Waals surface area contributed by atoms with Crippen LogP contribution in [-0.4, -0.2) is 67.7 Å². The van der Waals surface area contributed by atoms with Crippen molar-refractivity contribution in [2.45, 2.75) is 13.5 Å². The predicted molar refractivity (Wildman–Crippen MR) is 92.8 cm³/mol. The van der Waals surface area contributed by atoms with Gasteiger partial charge in [-0.15, -0.1) is 0 Å². The van der Waals surface area contributed by atoms with Gasteiger partial charge in [0.1, 0.15) is 0 Å². The van der Waals surface area contributed by atoms with Crippen molar-refractivity contribution >= 4 is 16.0 Å². The molecule has 2 fully saturated rings. The third-order valence-corrected chi connectivity index (χ3v) is 7.27. The monoisotopic (exact) mass is 386 g/mol. The molecular weight excluding hydrogens is 363 g/mol. The molecular formula is C17H23FN2O5S. The van der Waals surface area contributed by atoms with Crippen LogP contribution < -0.4 is 4.74 Å². The normalized spacial score (nSPS) is 26.8. The lowest BCUT2D eigenvalue weighted by atomic mass is 9.81. The molecule has 0 saturated carbocycles. The Kier molecular flexibility index (Phi) is 4.98. The van der Waals surface area contributed by atoms with E-state index < -0.39 is 27.2 Å². The third-order valence-electron chi connectivity index (χ3n) is 5.48. The molecule has 0 amide bonds. The number of methoxy groups -OCH3 is 1. The van der Waals surface area contributed by atoms with Crippen LogP contribution in [0, 0.1) is 17.2 Å². The second kappa shape index (κ2) is 6.79. The predicted octanol–water partition coefficient (Wildman–Crippen LogP) is 1.00. The summed E-state index contributed by atoms with van der Waals surface area (Å²) >= 11 is 0. The maximum Gasteiger partial charge on any atom is 0.312 e. The quantitative estimate of drug-likeness (QED) is 0.785. The van der Waals surface area contributed by atoms with Gasteiger partial charge in [0.15, 0.2) is 11.6 Å². The first kappa shape index (κ1) is 19.1. The minimum absolute atomic E-state index is 0.0139. The summed E-state index contributed by atoms with van der Waals surface area (Å²) in [5, 5.41) is 9.83. The fourth-order valence-corrected chi connectivity index (χ4v) is 5.29. The van der Waals surface area contributed by atoms with E-state index in [1.807, 2.05) is 4.90 Å². The number of likely N-dealkylation sites (tertiary alicyclic amines) is 1. The first-order valence-electron chi connectivity index (χ1n) is 8.48. The highest BCUT2D eigenvalue weighted by molar-refractivity contribution is 7.89. The number of para-hydroxylation sites is 1. The van der Waals surface area contributed by atoms with Crippen LogP contribution >= 0.6 is 0 Å². The number of halogens is 1. The summed E-state index contributed by atoms with van der Waals surface area (Å²) in [6.07, 6.45) is 0. The van der Waals surface area contributed by atoms with Crippen LogP contribution in [0.2, 0.25) is 0 Å². The van der Waals surface area contributed by atoms with E-state index >= 15 is 0 Å². The van der Waals surface area contributed by atoms with Crippen molar-refractivity contribution in [1.29, 1.82) is 0 Å². The lowest BCUT2D eigenvalue weighted by molar-refractivity contribution is -0.148. The molecule has 0 unspecified atom stereocenters. The highest BCUT2D eigenvalue weighted by Crippen LogP contribution is 2.44. The zero-order chi connectivity index (χ0) is 19.1. The van der Waals surface area contributed by atoms with E-state index in [-0.39, 0.29) is 37.1 Å². The minimum Gasteiger partial charge on any atom is -0.493 e. The van der Waals surface area contributed by atoms with E-state index in [2.05, 4.69) is 0 Å². The number of carbonyl (C=O) groups is 1. The zero-order valence-corrected chi connectivity index (χ0v) is 15.6. The molecule has 2 atom stereocenters. The number of aliphatic carboxylic acids is 1. The maximum absolute atomic E-state index is 13.9. The van der Waals surface area contributed by atoms with Crippen LogP contribution in [0.25, 0.3) is 0 Å². The van der Waals surface area contributed by atoms with Gasteiger partial charge in [-0.1, -0.05) is 12.1 Å². The van der Waals surface area contributed by atoms with E-state index in [0.29, 0.717) is 18.7 Å². The second-order valence-electron chi connectivity index (χ2n) is 6.95. The maximum atomic E-state index is 13.9. The van der Waals surface area contributed by atoms with Crippen molar-refractivity contribution in [3.63, 3.8) is 0 Å². The van der Waals surface area contributed by atoms with Crippen LogP contribution in [0.3, 0.4) is 0 Å². The minimum atomic E-state index is -3.42. The lowest BCUT2D eigenvalue weighted by Gasteiger charge is -2.25. The molecule has 2 saturated heterocycles. The van der Waals surface area contributed by atoms with Crippen LogP contribution in [0.5, 0.6) is 5.75 Å². The van der Waals surface area contributed by atoms with E-state index in [0.717, 1.165) is 0 Å². The Morgan fingerprint density at radius 1 is 1.38 bits per heavy atom. The first-order chi connectivity index (χ1) is 12.2.